The average Bonchev–Trinajstić information content (AvgIpc) is 2.46. The fourth-order valence-electron chi connectivity index (χ4n) is 2.55. The van der Waals surface area contributed by atoms with Gasteiger partial charge in [-0.25, -0.2) is 0 Å². The standard InChI is InChI=1S/C14H18F3N3O2/c1-2-20-5-3-4-10(8-20)19-12(21)9-6-11(14(15,16)17)13(22)18-7-9/h6-7,10H,2-5,8H2,1H3,(H,18,22)(H,19,21)/t10-/m0/s1. The number of likely N-dealkylation sites (tertiary alicyclic amines) is 1. The van der Waals surface area contributed by atoms with Crippen LogP contribution in [0.5, 0.6) is 0 Å². The predicted molar refractivity (Wildman–Crippen MR) is 74.7 cm³/mol. The number of nitrogens with zero attached hydrogens (tertiary/aromatic N) is 1. The topological polar surface area (TPSA) is 65.2 Å². The Morgan fingerprint density at radius 2 is 2.23 bits per heavy atom. The molecule has 0 aliphatic carbocycles. The summed E-state index contributed by atoms with van der Waals surface area (Å²) < 4.78 is 38.1. The van der Waals surface area contributed by atoms with E-state index in [2.05, 4.69) is 10.2 Å². The molecule has 8 heteroatoms. The minimum Gasteiger partial charge on any atom is -0.348 e. The van der Waals surface area contributed by atoms with Crippen LogP contribution >= 0.6 is 0 Å². The van der Waals surface area contributed by atoms with Crippen molar-refractivity contribution in [2.75, 3.05) is 19.6 Å². The third-order valence-corrected chi connectivity index (χ3v) is 3.76. The number of rotatable bonds is 3. The molecule has 1 aliphatic rings. The van der Waals surface area contributed by atoms with Crippen LogP contribution in [0.15, 0.2) is 17.1 Å². The Hall–Kier alpha value is -1.83. The lowest BCUT2D eigenvalue weighted by atomic mass is 10.1. The summed E-state index contributed by atoms with van der Waals surface area (Å²) in [6.45, 7) is 4.52. The van der Waals surface area contributed by atoms with Gasteiger partial charge in [0.1, 0.15) is 5.56 Å². The number of nitrogens with one attached hydrogen (secondary N) is 2. The molecule has 22 heavy (non-hydrogen) atoms. The van der Waals surface area contributed by atoms with Crippen LogP contribution in [0.1, 0.15) is 35.7 Å². The van der Waals surface area contributed by atoms with E-state index in [9.17, 15) is 22.8 Å². The van der Waals surface area contributed by atoms with Crippen molar-refractivity contribution in [3.8, 4) is 0 Å². The minimum absolute atomic E-state index is 0.0949. The van der Waals surface area contributed by atoms with Crippen molar-refractivity contribution >= 4 is 5.91 Å². The van der Waals surface area contributed by atoms with E-state index in [0.717, 1.165) is 32.1 Å². The summed E-state index contributed by atoms with van der Waals surface area (Å²) in [5, 5.41) is 2.73. The molecule has 0 aromatic carbocycles. The minimum atomic E-state index is -4.78. The first-order valence-electron chi connectivity index (χ1n) is 7.14. The van der Waals surface area contributed by atoms with Gasteiger partial charge in [0.2, 0.25) is 0 Å². The SMILES string of the molecule is CCN1CCC[C@H](NC(=O)c2c[nH]c(=O)c(C(F)(F)F)c2)C1. The molecule has 5 nitrogen and oxygen atoms in total. The summed E-state index contributed by atoms with van der Waals surface area (Å²) in [5.41, 5.74) is -2.81. The van der Waals surface area contributed by atoms with Gasteiger partial charge in [-0.3, -0.25) is 9.59 Å². The fourth-order valence-corrected chi connectivity index (χ4v) is 2.55. The van der Waals surface area contributed by atoms with Crippen molar-refractivity contribution < 1.29 is 18.0 Å². The van der Waals surface area contributed by atoms with Crippen LogP contribution in [-0.2, 0) is 6.18 Å². The summed E-state index contributed by atoms with van der Waals surface area (Å²) in [4.78, 5) is 27.4. The molecule has 122 valence electrons. The molecule has 1 aromatic rings. The Morgan fingerprint density at radius 3 is 2.86 bits per heavy atom. The predicted octanol–water partition coefficient (Wildman–Crippen LogP) is 1.61. The maximum absolute atomic E-state index is 12.7. The Labute approximate surface area is 125 Å². The van der Waals surface area contributed by atoms with E-state index in [1.807, 2.05) is 11.9 Å². The summed E-state index contributed by atoms with van der Waals surface area (Å²) in [6, 6.07) is 0.497. The second-order valence-corrected chi connectivity index (χ2v) is 5.33. The Kier molecular flexibility index (Phi) is 4.90. The molecule has 0 unspecified atom stereocenters. The normalized spacial score (nSPS) is 19.9. The number of carbonyl (C=O) groups is 1. The molecule has 0 saturated carbocycles. The zero-order valence-electron chi connectivity index (χ0n) is 12.2. The first-order chi connectivity index (χ1) is 10.3. The monoisotopic (exact) mass is 317 g/mol. The van der Waals surface area contributed by atoms with Crippen LogP contribution < -0.4 is 10.9 Å². The molecule has 1 aromatic heterocycles. The number of hydrogen-bond donors (Lipinski definition) is 2. The number of pyridine rings is 1. The van der Waals surface area contributed by atoms with Crippen LogP contribution in [0.3, 0.4) is 0 Å². The van der Waals surface area contributed by atoms with Crippen molar-refractivity contribution in [2.45, 2.75) is 32.0 Å². The van der Waals surface area contributed by atoms with Crippen molar-refractivity contribution in [2.24, 2.45) is 0 Å². The molecular formula is C14H18F3N3O2. The quantitative estimate of drug-likeness (QED) is 0.890. The third kappa shape index (κ3) is 3.88. The Bertz CT molecular complexity index is 598. The lowest BCUT2D eigenvalue weighted by Crippen LogP contribution is -2.47. The highest BCUT2D eigenvalue weighted by molar-refractivity contribution is 5.94. The van der Waals surface area contributed by atoms with Gasteiger partial charge < -0.3 is 15.2 Å². The first kappa shape index (κ1) is 16.5. The summed E-state index contributed by atoms with van der Waals surface area (Å²) >= 11 is 0. The van der Waals surface area contributed by atoms with Gasteiger partial charge >= 0.3 is 6.18 Å². The van der Waals surface area contributed by atoms with Crippen molar-refractivity contribution in [1.29, 1.82) is 0 Å². The van der Waals surface area contributed by atoms with Gasteiger partial charge in [-0.2, -0.15) is 13.2 Å². The van der Waals surface area contributed by atoms with E-state index in [1.54, 1.807) is 0 Å². The summed E-state index contributed by atoms with van der Waals surface area (Å²) in [5.74, 6) is -0.607. The average molecular weight is 317 g/mol. The van der Waals surface area contributed by atoms with E-state index < -0.39 is 23.2 Å². The lowest BCUT2D eigenvalue weighted by molar-refractivity contribution is -0.138. The number of hydrogen-bond acceptors (Lipinski definition) is 3. The highest BCUT2D eigenvalue weighted by Gasteiger charge is 2.34. The maximum atomic E-state index is 12.7. The smallest absolute Gasteiger partial charge is 0.348 e. The second-order valence-electron chi connectivity index (χ2n) is 5.33. The fraction of sp³-hybridized carbons (Fsp3) is 0.571. The molecule has 1 fully saturated rings. The van der Waals surface area contributed by atoms with E-state index in [0.29, 0.717) is 12.6 Å². The van der Waals surface area contributed by atoms with E-state index in [-0.39, 0.29) is 11.6 Å². The van der Waals surface area contributed by atoms with Crippen LogP contribution in [0.25, 0.3) is 0 Å². The molecule has 0 spiro atoms. The van der Waals surface area contributed by atoms with Crippen LogP contribution in [0.2, 0.25) is 0 Å². The maximum Gasteiger partial charge on any atom is 0.421 e. The van der Waals surface area contributed by atoms with Gasteiger partial charge in [0, 0.05) is 18.8 Å². The van der Waals surface area contributed by atoms with Crippen molar-refractivity contribution in [3.63, 3.8) is 0 Å². The molecule has 1 amide bonds. The van der Waals surface area contributed by atoms with Crippen LogP contribution in [0.4, 0.5) is 13.2 Å². The number of H-pyrrole nitrogens is 1. The Morgan fingerprint density at radius 1 is 1.50 bits per heavy atom. The number of likely N-dealkylation sites (N-methyl/N-ethyl adjacent to an activating group) is 1. The molecule has 1 atom stereocenters. The van der Waals surface area contributed by atoms with Gasteiger partial charge in [-0.1, -0.05) is 6.92 Å². The number of piperidine rings is 1. The van der Waals surface area contributed by atoms with Gasteiger partial charge in [-0.05, 0) is 32.0 Å². The van der Waals surface area contributed by atoms with E-state index in [1.165, 1.54) is 0 Å². The third-order valence-electron chi connectivity index (χ3n) is 3.76. The molecule has 1 aliphatic heterocycles. The number of alkyl halides is 3. The zero-order chi connectivity index (χ0) is 16.3. The van der Waals surface area contributed by atoms with Gasteiger partial charge in [0.25, 0.3) is 11.5 Å². The van der Waals surface area contributed by atoms with Gasteiger partial charge in [0.05, 0.1) is 5.56 Å². The molecular weight excluding hydrogens is 299 g/mol. The number of amides is 1. The van der Waals surface area contributed by atoms with E-state index >= 15 is 0 Å². The summed E-state index contributed by atoms with van der Waals surface area (Å²) in [6.07, 6.45) is -2.06. The molecule has 2 heterocycles. The zero-order valence-corrected chi connectivity index (χ0v) is 12.2. The van der Waals surface area contributed by atoms with Crippen molar-refractivity contribution in [3.05, 3.63) is 33.7 Å². The molecule has 1 saturated heterocycles. The van der Waals surface area contributed by atoms with Gasteiger partial charge in [-0.15, -0.1) is 0 Å². The Balaban J connectivity index is 2.11. The molecule has 2 rings (SSSR count). The number of halogens is 3. The number of aromatic nitrogens is 1. The van der Waals surface area contributed by atoms with Gasteiger partial charge in [0.15, 0.2) is 0 Å². The van der Waals surface area contributed by atoms with Crippen LogP contribution in [-0.4, -0.2) is 41.5 Å². The second kappa shape index (κ2) is 6.51. The van der Waals surface area contributed by atoms with Crippen molar-refractivity contribution in [1.82, 2.24) is 15.2 Å². The lowest BCUT2D eigenvalue weighted by Gasteiger charge is -2.32. The highest BCUT2D eigenvalue weighted by Crippen LogP contribution is 2.26. The van der Waals surface area contributed by atoms with Crippen LogP contribution in [0, 0.1) is 0 Å². The number of aromatic amines is 1. The highest BCUT2D eigenvalue weighted by atomic mass is 19.4. The summed E-state index contributed by atoms with van der Waals surface area (Å²) in [7, 11) is 0. The largest absolute Gasteiger partial charge is 0.421 e. The number of carbonyl (C=O) groups excluding carboxylic acids is 1. The van der Waals surface area contributed by atoms with E-state index in [4.69, 9.17) is 0 Å². The first-order valence-corrected chi connectivity index (χ1v) is 7.14. The molecule has 0 bridgehead atoms. The molecule has 2 N–H and O–H groups in total. The molecule has 0 radical (unpaired) electrons.